The Hall–Kier alpha value is -1.88. The molecular formula is C13H15ClN4O. The van der Waals surface area contributed by atoms with Crippen LogP contribution in [0.25, 0.3) is 0 Å². The predicted octanol–water partition coefficient (Wildman–Crippen LogP) is 2.13. The summed E-state index contributed by atoms with van der Waals surface area (Å²) in [4.78, 5) is 15.8. The molecule has 0 saturated carbocycles. The second kappa shape index (κ2) is 5.84. The zero-order valence-corrected chi connectivity index (χ0v) is 11.5. The van der Waals surface area contributed by atoms with Crippen LogP contribution in [0.1, 0.15) is 28.9 Å². The normalized spacial score (nSPS) is 12.2. The SMILES string of the molecule is Cc1nc(C(=O)NC(C)Cc2cccc(Cl)c2)n[nH]1. The van der Waals surface area contributed by atoms with E-state index >= 15 is 0 Å². The summed E-state index contributed by atoms with van der Waals surface area (Å²) in [7, 11) is 0. The fraction of sp³-hybridized carbons (Fsp3) is 0.308. The van der Waals surface area contributed by atoms with Gasteiger partial charge in [0.15, 0.2) is 0 Å². The number of carbonyl (C=O) groups is 1. The Kier molecular flexibility index (Phi) is 4.16. The summed E-state index contributed by atoms with van der Waals surface area (Å²) in [6.07, 6.45) is 0.704. The fourth-order valence-electron chi connectivity index (χ4n) is 1.80. The molecule has 0 saturated heterocycles. The van der Waals surface area contributed by atoms with Crippen molar-refractivity contribution in [2.75, 3.05) is 0 Å². The van der Waals surface area contributed by atoms with Gasteiger partial charge in [-0.25, -0.2) is 4.98 Å². The van der Waals surface area contributed by atoms with Gasteiger partial charge in [-0.05, 0) is 38.0 Å². The third-order valence-electron chi connectivity index (χ3n) is 2.61. The average molecular weight is 279 g/mol. The molecule has 2 rings (SSSR count). The fourth-order valence-corrected chi connectivity index (χ4v) is 2.01. The molecule has 1 amide bonds. The second-order valence-electron chi connectivity index (χ2n) is 4.45. The van der Waals surface area contributed by atoms with Crippen LogP contribution in [-0.4, -0.2) is 27.1 Å². The zero-order valence-electron chi connectivity index (χ0n) is 10.8. The molecule has 1 aromatic heterocycles. The minimum absolute atomic E-state index is 0.0234. The van der Waals surface area contributed by atoms with Crippen molar-refractivity contribution in [1.82, 2.24) is 20.5 Å². The van der Waals surface area contributed by atoms with Crippen LogP contribution < -0.4 is 5.32 Å². The monoisotopic (exact) mass is 278 g/mol. The molecular weight excluding hydrogens is 264 g/mol. The lowest BCUT2D eigenvalue weighted by molar-refractivity contribution is 0.0930. The number of aryl methyl sites for hydroxylation is 1. The van der Waals surface area contributed by atoms with Gasteiger partial charge >= 0.3 is 0 Å². The van der Waals surface area contributed by atoms with Crippen molar-refractivity contribution in [2.45, 2.75) is 26.3 Å². The van der Waals surface area contributed by atoms with Crippen LogP contribution in [0.3, 0.4) is 0 Å². The third kappa shape index (κ3) is 3.79. The molecule has 0 aliphatic rings. The summed E-state index contributed by atoms with van der Waals surface area (Å²) in [5.74, 6) is 0.502. The Balaban J connectivity index is 1.94. The van der Waals surface area contributed by atoms with Gasteiger partial charge in [0.1, 0.15) is 5.82 Å². The maximum atomic E-state index is 11.8. The molecule has 19 heavy (non-hydrogen) atoms. The minimum Gasteiger partial charge on any atom is -0.346 e. The standard InChI is InChI=1S/C13H15ClN4O/c1-8(6-10-4-3-5-11(14)7-10)15-13(19)12-16-9(2)17-18-12/h3-5,7-8H,6H2,1-2H3,(H,15,19)(H,16,17,18). The van der Waals surface area contributed by atoms with Gasteiger partial charge < -0.3 is 5.32 Å². The van der Waals surface area contributed by atoms with Gasteiger partial charge in [0.05, 0.1) is 0 Å². The van der Waals surface area contributed by atoms with E-state index in [9.17, 15) is 4.79 Å². The Morgan fingerprint density at radius 1 is 1.53 bits per heavy atom. The van der Waals surface area contributed by atoms with Crippen molar-refractivity contribution in [3.8, 4) is 0 Å². The summed E-state index contributed by atoms with van der Waals surface area (Å²) >= 11 is 5.92. The van der Waals surface area contributed by atoms with E-state index in [0.717, 1.165) is 5.56 Å². The van der Waals surface area contributed by atoms with Crippen LogP contribution >= 0.6 is 11.6 Å². The van der Waals surface area contributed by atoms with Crippen LogP contribution in [0.4, 0.5) is 0 Å². The molecule has 0 bridgehead atoms. The molecule has 100 valence electrons. The third-order valence-corrected chi connectivity index (χ3v) is 2.84. The Morgan fingerprint density at radius 3 is 2.95 bits per heavy atom. The van der Waals surface area contributed by atoms with E-state index in [1.54, 1.807) is 6.92 Å². The molecule has 0 fully saturated rings. The molecule has 2 N–H and O–H groups in total. The quantitative estimate of drug-likeness (QED) is 0.900. The summed E-state index contributed by atoms with van der Waals surface area (Å²) in [5.41, 5.74) is 1.08. The second-order valence-corrected chi connectivity index (χ2v) is 4.89. The van der Waals surface area contributed by atoms with Gasteiger partial charge in [0.25, 0.3) is 5.91 Å². The highest BCUT2D eigenvalue weighted by Gasteiger charge is 2.14. The summed E-state index contributed by atoms with van der Waals surface area (Å²) in [5, 5.41) is 10.0. The molecule has 0 aliphatic heterocycles. The summed E-state index contributed by atoms with van der Waals surface area (Å²) in [6, 6.07) is 7.56. The van der Waals surface area contributed by atoms with Gasteiger partial charge in [-0.15, -0.1) is 5.10 Å². The van der Waals surface area contributed by atoms with E-state index in [1.165, 1.54) is 0 Å². The van der Waals surface area contributed by atoms with Crippen LogP contribution in [0.5, 0.6) is 0 Å². The zero-order chi connectivity index (χ0) is 13.8. The molecule has 1 heterocycles. The first-order valence-electron chi connectivity index (χ1n) is 5.99. The highest BCUT2D eigenvalue weighted by Crippen LogP contribution is 2.12. The van der Waals surface area contributed by atoms with E-state index in [2.05, 4.69) is 20.5 Å². The number of rotatable bonds is 4. The number of aromatic amines is 1. The smallest absolute Gasteiger partial charge is 0.291 e. The van der Waals surface area contributed by atoms with Gasteiger partial charge in [0.2, 0.25) is 5.82 Å². The van der Waals surface area contributed by atoms with Crippen molar-refractivity contribution < 1.29 is 4.79 Å². The van der Waals surface area contributed by atoms with Crippen LogP contribution in [-0.2, 0) is 6.42 Å². The van der Waals surface area contributed by atoms with E-state index in [4.69, 9.17) is 11.6 Å². The van der Waals surface area contributed by atoms with E-state index in [-0.39, 0.29) is 17.8 Å². The lowest BCUT2D eigenvalue weighted by atomic mass is 10.1. The van der Waals surface area contributed by atoms with Crippen molar-refractivity contribution in [3.05, 3.63) is 46.5 Å². The number of amides is 1. The maximum Gasteiger partial charge on any atom is 0.291 e. The predicted molar refractivity (Wildman–Crippen MR) is 73.2 cm³/mol. The molecule has 1 atom stereocenters. The van der Waals surface area contributed by atoms with E-state index < -0.39 is 0 Å². The van der Waals surface area contributed by atoms with Gasteiger partial charge in [-0.1, -0.05) is 23.7 Å². The van der Waals surface area contributed by atoms with Gasteiger partial charge in [-0.3, -0.25) is 9.89 Å². The van der Waals surface area contributed by atoms with E-state index in [0.29, 0.717) is 17.3 Å². The summed E-state index contributed by atoms with van der Waals surface area (Å²) < 4.78 is 0. The van der Waals surface area contributed by atoms with Crippen molar-refractivity contribution in [2.24, 2.45) is 0 Å². The molecule has 5 nitrogen and oxygen atoms in total. The number of halogens is 1. The highest BCUT2D eigenvalue weighted by molar-refractivity contribution is 6.30. The van der Waals surface area contributed by atoms with Crippen molar-refractivity contribution >= 4 is 17.5 Å². The van der Waals surface area contributed by atoms with Gasteiger partial charge in [0, 0.05) is 11.1 Å². The van der Waals surface area contributed by atoms with Crippen molar-refractivity contribution in [3.63, 3.8) is 0 Å². The minimum atomic E-state index is -0.279. The molecule has 0 spiro atoms. The van der Waals surface area contributed by atoms with E-state index in [1.807, 2.05) is 31.2 Å². The first kappa shape index (κ1) is 13.5. The number of carbonyl (C=O) groups excluding carboxylic acids is 1. The Bertz CT molecular complexity index is 582. The highest BCUT2D eigenvalue weighted by atomic mass is 35.5. The lowest BCUT2D eigenvalue weighted by Crippen LogP contribution is -2.34. The van der Waals surface area contributed by atoms with Crippen LogP contribution in [0.2, 0.25) is 5.02 Å². The molecule has 2 aromatic rings. The maximum absolute atomic E-state index is 11.8. The van der Waals surface area contributed by atoms with Crippen LogP contribution in [0, 0.1) is 6.92 Å². The lowest BCUT2D eigenvalue weighted by Gasteiger charge is -2.12. The molecule has 1 unspecified atom stereocenters. The van der Waals surface area contributed by atoms with Crippen molar-refractivity contribution in [1.29, 1.82) is 0 Å². The number of aromatic nitrogens is 3. The first-order valence-corrected chi connectivity index (χ1v) is 6.36. The average Bonchev–Trinajstić information content (AvgIpc) is 2.75. The molecule has 1 aromatic carbocycles. The topological polar surface area (TPSA) is 70.7 Å². The number of hydrogen-bond acceptors (Lipinski definition) is 3. The molecule has 6 heteroatoms. The molecule has 0 aliphatic carbocycles. The number of hydrogen-bond donors (Lipinski definition) is 2. The Labute approximate surface area is 116 Å². The van der Waals surface area contributed by atoms with Crippen LogP contribution in [0.15, 0.2) is 24.3 Å². The number of benzene rings is 1. The number of nitrogens with zero attached hydrogens (tertiary/aromatic N) is 2. The van der Waals surface area contributed by atoms with Gasteiger partial charge in [-0.2, -0.15) is 0 Å². The summed E-state index contributed by atoms with van der Waals surface area (Å²) in [6.45, 7) is 3.68. The number of nitrogens with one attached hydrogen (secondary N) is 2. The Morgan fingerprint density at radius 2 is 2.32 bits per heavy atom. The first-order chi connectivity index (χ1) is 9.04. The molecule has 0 radical (unpaired) electrons. The largest absolute Gasteiger partial charge is 0.346 e. The number of H-pyrrole nitrogens is 1.